The Kier molecular flexibility index (Phi) is 5.82. The third-order valence-corrected chi connectivity index (χ3v) is 8.83. The van der Waals surface area contributed by atoms with Gasteiger partial charge in [0.2, 0.25) is 0 Å². The van der Waals surface area contributed by atoms with Gasteiger partial charge in [0.05, 0.1) is 23.6 Å². The number of anilines is 2. The third-order valence-electron chi connectivity index (χ3n) is 7.72. The Morgan fingerprint density at radius 1 is 1.18 bits per heavy atom. The molecule has 12 heteroatoms. The fourth-order valence-electron chi connectivity index (χ4n) is 5.68. The van der Waals surface area contributed by atoms with Crippen molar-refractivity contribution in [2.24, 2.45) is 11.8 Å². The number of fused-ring (bicyclic) bond motifs is 4. The normalized spacial score (nSPS) is 24.0. The molecule has 3 aliphatic rings. The number of alkyl halides is 2. The van der Waals surface area contributed by atoms with Crippen molar-refractivity contribution in [1.29, 1.82) is 0 Å². The van der Waals surface area contributed by atoms with Crippen molar-refractivity contribution in [1.82, 2.24) is 15.2 Å². The molecule has 2 unspecified atom stereocenters. The van der Waals surface area contributed by atoms with Gasteiger partial charge in [-0.25, -0.2) is 18.6 Å². The summed E-state index contributed by atoms with van der Waals surface area (Å²) in [5.74, 6) is -4.64. The molecular weight excluding hydrogens is 516 g/mol. The Labute approximate surface area is 221 Å². The number of halogens is 2. The molecule has 2 amide bonds. The van der Waals surface area contributed by atoms with E-state index in [1.54, 1.807) is 0 Å². The molecular formula is C26H27F2N5O4S. The van der Waals surface area contributed by atoms with Gasteiger partial charge in [-0.2, -0.15) is 0 Å². The third kappa shape index (κ3) is 4.16. The molecule has 1 aromatic carbocycles. The molecule has 2 aromatic heterocycles. The standard InChI is InChI=1S/C26H27F2N5O4S/c1-13-2-5-19-21(29)22(38-24(19)30-13)23(34)31-17-6-14-3-4-18(7-20(14)37-12-17)32-8-15-10-33(25(35)36)11-16(9-32)26(15,27)28/h2-5,7,15-17H,6,8-12,29H2,1H3,(H,31,34)(H,35,36)/t15?,16?,17-/m1/s1. The molecule has 2 bridgehead atoms. The summed E-state index contributed by atoms with van der Waals surface area (Å²) < 4.78 is 35.5. The number of nitrogens with zero attached hydrogens (tertiary/aromatic N) is 3. The lowest BCUT2D eigenvalue weighted by Gasteiger charge is -2.50. The number of nitrogens with two attached hydrogens (primary N) is 1. The van der Waals surface area contributed by atoms with Crippen molar-refractivity contribution >= 4 is 44.9 Å². The van der Waals surface area contributed by atoms with E-state index in [9.17, 15) is 23.5 Å². The average molecular weight is 544 g/mol. The van der Waals surface area contributed by atoms with Gasteiger partial charge in [0.15, 0.2) is 0 Å². The molecule has 38 heavy (non-hydrogen) atoms. The molecule has 9 nitrogen and oxygen atoms in total. The van der Waals surface area contributed by atoms with Crippen molar-refractivity contribution < 1.29 is 28.2 Å². The van der Waals surface area contributed by atoms with Crippen LogP contribution in [0.4, 0.5) is 25.0 Å². The van der Waals surface area contributed by atoms with Crippen molar-refractivity contribution in [2.45, 2.75) is 25.3 Å². The first kappa shape index (κ1) is 24.7. The SMILES string of the molecule is Cc1ccc2c(N)c(C(=O)N[C@H]3COc4cc(N5CC6CN(C(=O)O)CC(C5)C6(F)F)ccc4C3)sc2n1. The van der Waals surface area contributed by atoms with Crippen LogP contribution in [0.25, 0.3) is 10.2 Å². The van der Waals surface area contributed by atoms with Crippen molar-refractivity contribution in [2.75, 3.05) is 43.4 Å². The van der Waals surface area contributed by atoms with Crippen LogP contribution in [0.1, 0.15) is 20.9 Å². The van der Waals surface area contributed by atoms with Gasteiger partial charge in [-0.3, -0.25) is 4.79 Å². The molecule has 4 N–H and O–H groups in total. The number of amides is 2. The highest BCUT2D eigenvalue weighted by molar-refractivity contribution is 7.21. The van der Waals surface area contributed by atoms with Crippen LogP contribution in [0, 0.1) is 18.8 Å². The number of pyridine rings is 1. The number of aryl methyl sites for hydroxylation is 1. The monoisotopic (exact) mass is 543 g/mol. The van der Waals surface area contributed by atoms with Crippen molar-refractivity contribution in [3.05, 3.63) is 46.5 Å². The highest BCUT2D eigenvalue weighted by atomic mass is 32.1. The first-order chi connectivity index (χ1) is 18.1. The Morgan fingerprint density at radius 2 is 1.92 bits per heavy atom. The van der Waals surface area contributed by atoms with Gasteiger partial charge in [0, 0.05) is 49.0 Å². The molecule has 3 aliphatic heterocycles. The maximum atomic E-state index is 14.8. The number of hydrogen-bond acceptors (Lipinski definition) is 7. The summed E-state index contributed by atoms with van der Waals surface area (Å²) in [4.78, 5) is 33.0. The molecule has 200 valence electrons. The van der Waals surface area contributed by atoms with E-state index in [0.29, 0.717) is 22.7 Å². The van der Waals surface area contributed by atoms with Crippen LogP contribution in [0.5, 0.6) is 5.75 Å². The molecule has 2 fully saturated rings. The number of nitrogen functional groups attached to an aromatic ring is 1. The van der Waals surface area contributed by atoms with Crippen LogP contribution in [0.15, 0.2) is 30.3 Å². The van der Waals surface area contributed by atoms with Crippen LogP contribution >= 0.6 is 11.3 Å². The van der Waals surface area contributed by atoms with E-state index in [2.05, 4.69) is 10.3 Å². The first-order valence-electron chi connectivity index (χ1n) is 12.4. The van der Waals surface area contributed by atoms with Gasteiger partial charge in [0.1, 0.15) is 22.1 Å². The van der Waals surface area contributed by atoms with Crippen LogP contribution < -0.4 is 20.7 Å². The molecule has 0 saturated carbocycles. The number of thiophene rings is 1. The summed E-state index contributed by atoms with van der Waals surface area (Å²) in [6.45, 7) is 1.92. The van der Waals surface area contributed by atoms with E-state index in [4.69, 9.17) is 10.5 Å². The molecule has 0 radical (unpaired) electrons. The minimum Gasteiger partial charge on any atom is -0.491 e. The lowest BCUT2D eigenvalue weighted by atomic mass is 9.80. The Balaban J connectivity index is 1.14. The van der Waals surface area contributed by atoms with Crippen LogP contribution in [0.3, 0.4) is 0 Å². The smallest absolute Gasteiger partial charge is 0.407 e. The number of likely N-dealkylation sites (tertiary alicyclic amines) is 1. The quantitative estimate of drug-likeness (QED) is 0.462. The Bertz CT molecular complexity index is 1430. The number of carboxylic acid groups (broad SMARTS) is 1. The number of benzene rings is 1. The summed E-state index contributed by atoms with van der Waals surface area (Å²) in [6, 6.07) is 9.10. The van der Waals surface area contributed by atoms with Gasteiger partial charge in [0.25, 0.3) is 11.8 Å². The lowest BCUT2D eigenvalue weighted by Crippen LogP contribution is -2.64. The fourth-order valence-corrected chi connectivity index (χ4v) is 6.72. The van der Waals surface area contributed by atoms with E-state index < -0.39 is 23.9 Å². The first-order valence-corrected chi connectivity index (χ1v) is 13.2. The summed E-state index contributed by atoms with van der Waals surface area (Å²) in [5, 5.41) is 13.1. The van der Waals surface area contributed by atoms with Crippen molar-refractivity contribution in [3.63, 3.8) is 0 Å². The maximum Gasteiger partial charge on any atom is 0.407 e. The van der Waals surface area contributed by atoms with Crippen LogP contribution in [-0.2, 0) is 6.42 Å². The minimum atomic E-state index is -2.90. The molecule has 0 aliphatic carbocycles. The molecule has 5 heterocycles. The number of aromatic nitrogens is 1. The molecule has 2 saturated heterocycles. The Hall–Kier alpha value is -3.67. The number of nitrogens with one attached hydrogen (secondary N) is 1. The van der Waals surface area contributed by atoms with Crippen LogP contribution in [-0.4, -0.2) is 71.7 Å². The van der Waals surface area contributed by atoms with Gasteiger partial charge >= 0.3 is 6.09 Å². The second kappa shape index (κ2) is 8.97. The number of carbonyl (C=O) groups excluding carboxylic acids is 1. The van der Waals surface area contributed by atoms with E-state index in [0.717, 1.165) is 32.1 Å². The van der Waals surface area contributed by atoms with Gasteiger partial charge < -0.3 is 30.7 Å². The van der Waals surface area contributed by atoms with Gasteiger partial charge in [-0.15, -0.1) is 11.3 Å². The van der Waals surface area contributed by atoms with Crippen LogP contribution in [0.2, 0.25) is 0 Å². The largest absolute Gasteiger partial charge is 0.491 e. The summed E-state index contributed by atoms with van der Waals surface area (Å²) in [5.41, 5.74) is 9.17. The Morgan fingerprint density at radius 3 is 2.63 bits per heavy atom. The zero-order chi connectivity index (χ0) is 26.8. The summed E-state index contributed by atoms with van der Waals surface area (Å²) in [7, 11) is 0. The van der Waals surface area contributed by atoms with E-state index in [-0.39, 0.29) is 44.7 Å². The lowest BCUT2D eigenvalue weighted by molar-refractivity contribution is -0.151. The number of hydrogen-bond donors (Lipinski definition) is 3. The minimum absolute atomic E-state index is 0.0652. The molecule has 3 aromatic rings. The number of rotatable bonds is 3. The zero-order valence-electron chi connectivity index (χ0n) is 20.6. The average Bonchev–Trinajstić information content (AvgIpc) is 3.18. The second-order valence-electron chi connectivity index (χ2n) is 10.3. The zero-order valence-corrected chi connectivity index (χ0v) is 21.4. The topological polar surface area (TPSA) is 121 Å². The fraction of sp³-hybridized carbons (Fsp3) is 0.423. The number of piperidine rings is 2. The predicted molar refractivity (Wildman–Crippen MR) is 139 cm³/mol. The summed E-state index contributed by atoms with van der Waals surface area (Å²) >= 11 is 1.26. The van der Waals surface area contributed by atoms with Gasteiger partial charge in [-0.1, -0.05) is 6.07 Å². The summed E-state index contributed by atoms with van der Waals surface area (Å²) in [6.07, 6.45) is -0.602. The second-order valence-corrected chi connectivity index (χ2v) is 11.3. The van der Waals surface area contributed by atoms with Gasteiger partial charge in [-0.05, 0) is 37.1 Å². The number of carbonyl (C=O) groups is 2. The molecule has 0 spiro atoms. The number of ether oxygens (including phenoxy) is 1. The molecule has 3 atom stereocenters. The maximum absolute atomic E-state index is 14.8. The van der Waals surface area contributed by atoms with Crippen molar-refractivity contribution in [3.8, 4) is 5.75 Å². The van der Waals surface area contributed by atoms with E-state index in [1.807, 2.05) is 42.2 Å². The predicted octanol–water partition coefficient (Wildman–Crippen LogP) is 3.60. The van der Waals surface area contributed by atoms with E-state index in [1.165, 1.54) is 11.3 Å². The highest BCUT2D eigenvalue weighted by Crippen LogP contribution is 2.44. The van der Waals surface area contributed by atoms with E-state index >= 15 is 0 Å². The highest BCUT2D eigenvalue weighted by Gasteiger charge is 2.56. The molecule has 6 rings (SSSR count).